The van der Waals surface area contributed by atoms with Gasteiger partial charge in [0, 0.05) is 36.1 Å². The lowest BCUT2D eigenvalue weighted by Gasteiger charge is -2.09. The molecule has 9 heteroatoms. The van der Waals surface area contributed by atoms with Gasteiger partial charge in [0.2, 0.25) is 0 Å². The number of nitrogens with two attached hydrogens (primary N) is 2. The molecule has 0 unspecified atom stereocenters. The second-order valence-corrected chi connectivity index (χ2v) is 10.9. The zero-order valence-corrected chi connectivity index (χ0v) is 20.1. The molecule has 0 heterocycles. The topological polar surface area (TPSA) is 76.1 Å². The van der Waals surface area contributed by atoms with E-state index in [9.17, 15) is 0 Å². The monoisotopic (exact) mass is 470 g/mol. The van der Waals surface area contributed by atoms with Gasteiger partial charge in [0.15, 0.2) is 0 Å². The summed E-state index contributed by atoms with van der Waals surface area (Å²) in [6.07, 6.45) is 2.12. The normalized spacial score (nSPS) is 10.7. The van der Waals surface area contributed by atoms with Gasteiger partial charge in [-0.15, -0.1) is 12.4 Å². The van der Waals surface area contributed by atoms with Crippen LogP contribution < -0.4 is 22.1 Å². The quantitative estimate of drug-likeness (QED) is 0.191. The van der Waals surface area contributed by atoms with Gasteiger partial charge < -0.3 is 22.1 Å². The van der Waals surface area contributed by atoms with Crippen LogP contribution in [-0.4, -0.2) is 50.8 Å². The maximum Gasteiger partial charge on any atom is 0.0291 e. The van der Waals surface area contributed by atoms with E-state index < -0.39 is 0 Å². The minimum atomic E-state index is 0. The van der Waals surface area contributed by atoms with Gasteiger partial charge in [-0.25, -0.2) is 0 Å². The smallest absolute Gasteiger partial charge is 0.0291 e. The van der Waals surface area contributed by atoms with E-state index >= 15 is 0 Å². The summed E-state index contributed by atoms with van der Waals surface area (Å²) < 4.78 is 0. The van der Waals surface area contributed by atoms with E-state index in [1.54, 1.807) is 0 Å². The molecule has 0 bridgehead atoms. The van der Waals surface area contributed by atoms with Gasteiger partial charge in [-0.05, 0) is 50.1 Å². The molecule has 0 saturated carbocycles. The highest BCUT2D eigenvalue weighted by Gasteiger charge is 2.03. The zero-order chi connectivity index (χ0) is 18.7. The van der Waals surface area contributed by atoms with E-state index in [0.29, 0.717) is 0 Å². The van der Waals surface area contributed by atoms with Crippen LogP contribution in [0.5, 0.6) is 0 Å². The van der Waals surface area contributed by atoms with Crippen molar-refractivity contribution in [3.8, 4) is 0 Å². The highest BCUT2D eigenvalue weighted by molar-refractivity contribution is 8.76. The predicted octanol–water partition coefficient (Wildman–Crippen LogP) is 3.75. The first kappa shape index (κ1) is 27.8. The van der Waals surface area contributed by atoms with Gasteiger partial charge >= 0.3 is 0 Å². The Morgan fingerprint density at radius 2 is 1.11 bits per heavy atom. The molecule has 1 aromatic carbocycles. The van der Waals surface area contributed by atoms with Crippen LogP contribution in [0.3, 0.4) is 0 Å². The van der Waals surface area contributed by atoms with Gasteiger partial charge in [-0.2, -0.15) is 0 Å². The first-order chi connectivity index (χ1) is 12.9. The maximum atomic E-state index is 5.49. The Balaban J connectivity index is 0.00000676. The second kappa shape index (κ2) is 21.5. The Morgan fingerprint density at radius 3 is 1.52 bits per heavy atom. The number of rotatable bonds is 18. The molecule has 0 amide bonds. The first-order valence-electron chi connectivity index (χ1n) is 9.25. The Hall–Kier alpha value is 0.750. The SMILES string of the molecule is Cl.NCCCNCCSSCc1ccccc1CSSCCNCCCN. The average Bonchev–Trinajstić information content (AvgIpc) is 2.67. The lowest BCUT2D eigenvalue weighted by atomic mass is 10.1. The molecule has 0 atom stereocenters. The molecule has 27 heavy (non-hydrogen) atoms. The van der Waals surface area contributed by atoms with Crippen LogP contribution in [0.15, 0.2) is 24.3 Å². The zero-order valence-electron chi connectivity index (χ0n) is 16.0. The minimum absolute atomic E-state index is 0. The molecule has 4 nitrogen and oxygen atoms in total. The standard InChI is InChI=1S/C18H34N4S4.ClH/c19-7-3-9-21-11-13-23-25-15-17-5-1-2-6-18(17)16-26-24-14-12-22-10-4-8-20;/h1-2,5-6,21-22H,3-4,7-16,19-20H2;1H. The van der Waals surface area contributed by atoms with E-state index in [4.69, 9.17) is 11.5 Å². The number of halogens is 1. The van der Waals surface area contributed by atoms with E-state index in [2.05, 4.69) is 34.9 Å². The number of benzene rings is 1. The van der Waals surface area contributed by atoms with Gasteiger partial charge in [0.25, 0.3) is 0 Å². The van der Waals surface area contributed by atoms with Crippen LogP contribution in [-0.2, 0) is 11.5 Å². The van der Waals surface area contributed by atoms with Crippen molar-refractivity contribution in [3.05, 3.63) is 35.4 Å². The summed E-state index contributed by atoms with van der Waals surface area (Å²) >= 11 is 0. The van der Waals surface area contributed by atoms with Crippen LogP contribution in [0.25, 0.3) is 0 Å². The molecule has 1 aromatic rings. The third-order valence-electron chi connectivity index (χ3n) is 3.55. The molecule has 6 N–H and O–H groups in total. The summed E-state index contributed by atoms with van der Waals surface area (Å²) in [5.74, 6) is 4.43. The molecule has 0 aliphatic heterocycles. The molecule has 0 aliphatic rings. The van der Waals surface area contributed by atoms with E-state index in [1.165, 1.54) is 11.1 Å². The molecule has 158 valence electrons. The molecule has 0 spiro atoms. The third-order valence-corrected chi connectivity index (χ3v) is 8.19. The molecular formula is C18H35ClN4S4. The number of hydrogen-bond acceptors (Lipinski definition) is 8. The lowest BCUT2D eigenvalue weighted by molar-refractivity contribution is 0.683. The van der Waals surface area contributed by atoms with Crippen LogP contribution >= 0.6 is 55.6 Å². The predicted molar refractivity (Wildman–Crippen MR) is 134 cm³/mol. The maximum absolute atomic E-state index is 5.49. The van der Waals surface area contributed by atoms with Crippen molar-refractivity contribution in [2.24, 2.45) is 11.5 Å². The summed E-state index contributed by atoms with van der Waals surface area (Å²) in [5, 5.41) is 6.84. The summed E-state index contributed by atoms with van der Waals surface area (Å²) in [6.45, 7) is 5.72. The minimum Gasteiger partial charge on any atom is -0.330 e. The molecular weight excluding hydrogens is 436 g/mol. The van der Waals surface area contributed by atoms with Gasteiger partial charge in [0.05, 0.1) is 0 Å². The summed E-state index contributed by atoms with van der Waals surface area (Å²) in [7, 11) is 7.81. The average molecular weight is 471 g/mol. The lowest BCUT2D eigenvalue weighted by Crippen LogP contribution is -2.20. The van der Waals surface area contributed by atoms with Crippen molar-refractivity contribution < 1.29 is 0 Å². The molecule has 0 saturated heterocycles. The molecule has 0 fully saturated rings. The second-order valence-electron chi connectivity index (χ2n) is 5.72. The van der Waals surface area contributed by atoms with Crippen LogP contribution in [0, 0.1) is 0 Å². The largest absolute Gasteiger partial charge is 0.330 e. The fourth-order valence-corrected chi connectivity index (χ4v) is 6.24. The van der Waals surface area contributed by atoms with Crippen LogP contribution in [0.4, 0.5) is 0 Å². The molecule has 0 aromatic heterocycles. The number of nitrogens with one attached hydrogen (secondary N) is 2. The summed E-state index contributed by atoms with van der Waals surface area (Å²) in [5.41, 5.74) is 13.9. The Morgan fingerprint density at radius 1 is 0.667 bits per heavy atom. The van der Waals surface area contributed by atoms with Gasteiger partial charge in [-0.1, -0.05) is 67.4 Å². The van der Waals surface area contributed by atoms with Crippen molar-refractivity contribution in [3.63, 3.8) is 0 Å². The van der Waals surface area contributed by atoms with E-state index in [1.807, 2.05) is 43.2 Å². The fourth-order valence-electron chi connectivity index (χ4n) is 2.10. The molecule has 1 rings (SSSR count). The summed E-state index contributed by atoms with van der Waals surface area (Å²) in [6, 6.07) is 8.83. The Bertz CT molecular complexity index is 405. The van der Waals surface area contributed by atoms with Crippen molar-refractivity contribution in [1.82, 2.24) is 10.6 Å². The van der Waals surface area contributed by atoms with Gasteiger partial charge in [-0.3, -0.25) is 0 Å². The highest BCUT2D eigenvalue weighted by Crippen LogP contribution is 2.31. The third kappa shape index (κ3) is 16.3. The fraction of sp³-hybridized carbons (Fsp3) is 0.667. The van der Waals surface area contributed by atoms with Gasteiger partial charge in [0.1, 0.15) is 0 Å². The van der Waals surface area contributed by atoms with Crippen LogP contribution in [0.2, 0.25) is 0 Å². The number of hydrogen-bond donors (Lipinski definition) is 4. The van der Waals surface area contributed by atoms with E-state index in [-0.39, 0.29) is 12.4 Å². The molecule has 0 aliphatic carbocycles. The Labute approximate surface area is 187 Å². The van der Waals surface area contributed by atoms with Crippen molar-refractivity contribution in [1.29, 1.82) is 0 Å². The van der Waals surface area contributed by atoms with E-state index in [0.717, 1.165) is 75.1 Å². The Kier molecular flexibility index (Phi) is 22.1. The van der Waals surface area contributed by atoms with Crippen LogP contribution in [0.1, 0.15) is 24.0 Å². The molecule has 0 radical (unpaired) electrons. The van der Waals surface area contributed by atoms with Crippen molar-refractivity contribution in [2.45, 2.75) is 24.3 Å². The van der Waals surface area contributed by atoms with Crippen molar-refractivity contribution >= 4 is 55.6 Å². The first-order valence-corrected chi connectivity index (χ1v) is 14.2. The highest BCUT2D eigenvalue weighted by atomic mass is 35.5. The van der Waals surface area contributed by atoms with Crippen molar-refractivity contribution in [2.75, 3.05) is 50.8 Å². The summed E-state index contributed by atoms with van der Waals surface area (Å²) in [4.78, 5) is 0.